The maximum Gasteiger partial charge on any atom is 0.488 e. The molecule has 0 saturated carbocycles. The molecule has 0 aliphatic carbocycles. The second kappa shape index (κ2) is 19.2. The summed E-state index contributed by atoms with van der Waals surface area (Å²) < 4.78 is 77.3. The summed E-state index contributed by atoms with van der Waals surface area (Å²) in [6, 6.07) is 17.5. The Kier molecular flexibility index (Phi) is 14.0. The Labute approximate surface area is 412 Å². The molecule has 70 heavy (non-hydrogen) atoms. The number of ether oxygens (including phenoxy) is 4. The number of nitrogens with two attached hydrogens (primary N) is 2. The first-order valence-corrected chi connectivity index (χ1v) is 23.8. The summed E-state index contributed by atoms with van der Waals surface area (Å²) in [6.45, 7) is 9.67. The minimum absolute atomic E-state index is 0.0658. The molecule has 2 amide bonds. The van der Waals surface area contributed by atoms with Crippen LogP contribution in [0.5, 0.6) is 11.5 Å². The van der Waals surface area contributed by atoms with Crippen LogP contribution in [-0.2, 0) is 30.1 Å². The molecule has 6 N–H and O–H groups in total. The molecule has 6 aliphatic heterocycles. The molecule has 4 aromatic carbocycles. The van der Waals surface area contributed by atoms with Crippen LogP contribution >= 0.6 is 15.9 Å². The SMILES string of the molecule is CN1C(=O)C2(CC(C3CCOC(C)(C)C3)Oc3ccc(-c4ccc(F)c(F)c4)cc32)N=C1N.CN1C(=O)C2(CC(C3CCOC(C)(C)C3)Oc3ccc(Br)cc32)N=C1N.OB(O)c1ccc(F)c(F)c1. The van der Waals surface area contributed by atoms with Gasteiger partial charge in [-0.1, -0.05) is 34.1 Å². The predicted molar refractivity (Wildman–Crippen MR) is 258 cm³/mol. The van der Waals surface area contributed by atoms with E-state index in [1.165, 1.54) is 15.9 Å². The first-order chi connectivity index (χ1) is 32.9. The Morgan fingerprint density at radius 3 is 1.51 bits per heavy atom. The van der Waals surface area contributed by atoms with Gasteiger partial charge in [-0.15, -0.1) is 0 Å². The Hall–Kier alpha value is -5.54. The second-order valence-electron chi connectivity index (χ2n) is 19.9. The second-order valence-corrected chi connectivity index (χ2v) is 20.8. The van der Waals surface area contributed by atoms with E-state index in [1.54, 1.807) is 32.3 Å². The van der Waals surface area contributed by atoms with E-state index in [1.807, 2.05) is 18.2 Å². The minimum Gasteiger partial charge on any atom is -0.490 e. The third kappa shape index (κ3) is 9.89. The lowest BCUT2D eigenvalue weighted by molar-refractivity contribution is -0.135. The fourth-order valence-corrected chi connectivity index (χ4v) is 10.7. The van der Waals surface area contributed by atoms with Crippen molar-refractivity contribution in [2.75, 3.05) is 27.3 Å². The fraction of sp³-hybridized carbons (Fsp3) is 0.440. The van der Waals surface area contributed by atoms with Crippen molar-refractivity contribution in [3.8, 4) is 22.6 Å². The van der Waals surface area contributed by atoms with E-state index in [0.29, 0.717) is 60.2 Å². The van der Waals surface area contributed by atoms with Gasteiger partial charge in [-0.05, 0) is 125 Å². The summed E-state index contributed by atoms with van der Waals surface area (Å²) in [6.07, 6.45) is 3.96. The van der Waals surface area contributed by atoms with Crippen LogP contribution in [0.25, 0.3) is 11.1 Å². The number of guanidine groups is 2. The summed E-state index contributed by atoms with van der Waals surface area (Å²) in [7, 11) is 1.52. The number of aliphatic imine (C=N–C) groups is 2. The number of likely N-dealkylation sites (N-methyl/N-ethyl adjacent to an activating group) is 2. The predicted octanol–water partition coefficient (Wildman–Crippen LogP) is 6.40. The summed E-state index contributed by atoms with van der Waals surface area (Å²) in [5, 5.41) is 17.0. The van der Waals surface area contributed by atoms with Crippen LogP contribution in [0.3, 0.4) is 0 Å². The maximum absolute atomic E-state index is 13.9. The fourth-order valence-electron chi connectivity index (χ4n) is 10.4. The molecule has 2 spiro atoms. The van der Waals surface area contributed by atoms with Crippen LogP contribution < -0.4 is 26.4 Å². The zero-order valence-corrected chi connectivity index (χ0v) is 41.2. The van der Waals surface area contributed by atoms with Gasteiger partial charge < -0.3 is 40.5 Å². The zero-order chi connectivity index (χ0) is 50.7. The number of amides is 2. The Bertz CT molecular complexity index is 2770. The van der Waals surface area contributed by atoms with E-state index in [0.717, 1.165) is 66.1 Å². The van der Waals surface area contributed by atoms with Gasteiger partial charge in [0.2, 0.25) is 0 Å². The Balaban J connectivity index is 0.000000158. The maximum atomic E-state index is 13.9. The smallest absolute Gasteiger partial charge is 0.488 e. The number of rotatable bonds is 4. The average Bonchev–Trinajstić information content (AvgIpc) is 3.65. The van der Waals surface area contributed by atoms with Gasteiger partial charge >= 0.3 is 7.12 Å². The van der Waals surface area contributed by atoms with Crippen LogP contribution in [0.4, 0.5) is 17.6 Å². The van der Waals surface area contributed by atoms with E-state index in [4.69, 9.17) is 40.5 Å². The molecule has 20 heteroatoms. The van der Waals surface area contributed by atoms with Crippen LogP contribution in [0.15, 0.2) is 87.3 Å². The average molecular weight is 1040 g/mol. The van der Waals surface area contributed by atoms with E-state index >= 15 is 0 Å². The number of nitrogens with zero attached hydrogens (tertiary/aromatic N) is 4. The third-order valence-corrected chi connectivity index (χ3v) is 14.5. The van der Waals surface area contributed by atoms with E-state index in [-0.39, 0.29) is 58.5 Å². The van der Waals surface area contributed by atoms with Crippen molar-refractivity contribution >= 4 is 52.2 Å². The zero-order valence-electron chi connectivity index (χ0n) is 39.6. The summed E-state index contributed by atoms with van der Waals surface area (Å²) in [5.41, 5.74) is 11.9. The molecule has 2 saturated heterocycles. The largest absolute Gasteiger partial charge is 0.490 e. The van der Waals surface area contributed by atoms with Crippen molar-refractivity contribution in [3.05, 3.63) is 112 Å². The normalized spacial score (nSPS) is 27.2. The first kappa shape index (κ1) is 50.8. The summed E-state index contributed by atoms with van der Waals surface area (Å²) in [4.78, 5) is 38.8. The minimum atomic E-state index is -1.76. The molecule has 6 atom stereocenters. The Morgan fingerprint density at radius 2 is 1.07 bits per heavy atom. The van der Waals surface area contributed by atoms with Gasteiger partial charge in [0.15, 0.2) is 46.3 Å². The highest BCUT2D eigenvalue weighted by atomic mass is 79.9. The van der Waals surface area contributed by atoms with Crippen molar-refractivity contribution in [2.24, 2.45) is 33.3 Å². The van der Waals surface area contributed by atoms with Crippen LogP contribution in [0.2, 0.25) is 0 Å². The lowest BCUT2D eigenvalue weighted by atomic mass is 9.74. The van der Waals surface area contributed by atoms with Gasteiger partial charge in [-0.25, -0.2) is 27.5 Å². The van der Waals surface area contributed by atoms with E-state index < -0.39 is 41.5 Å². The number of halogens is 5. The third-order valence-electron chi connectivity index (χ3n) is 14.0. The highest BCUT2D eigenvalue weighted by Crippen LogP contribution is 2.51. The van der Waals surface area contributed by atoms with Gasteiger partial charge in [0, 0.05) is 67.6 Å². The molecule has 6 heterocycles. The molecule has 4 aromatic rings. The molecule has 6 aliphatic rings. The molecule has 0 bridgehead atoms. The van der Waals surface area contributed by atoms with Crippen molar-refractivity contribution in [3.63, 3.8) is 0 Å². The van der Waals surface area contributed by atoms with Crippen molar-refractivity contribution in [1.29, 1.82) is 0 Å². The molecular weight excluding hydrogens is 979 g/mol. The number of fused-ring (bicyclic) bond motifs is 4. The van der Waals surface area contributed by atoms with Gasteiger partial charge in [0.25, 0.3) is 11.8 Å². The number of carbonyl (C=O) groups is 2. The molecule has 372 valence electrons. The summed E-state index contributed by atoms with van der Waals surface area (Å²) in [5.74, 6) is -2.06. The summed E-state index contributed by atoms with van der Waals surface area (Å²) >= 11 is 3.50. The van der Waals surface area contributed by atoms with Gasteiger partial charge in [0.05, 0.1) is 11.2 Å². The van der Waals surface area contributed by atoms with Crippen molar-refractivity contribution in [2.45, 2.75) is 101 Å². The lowest BCUT2D eigenvalue weighted by Gasteiger charge is -2.44. The Morgan fingerprint density at radius 1 is 0.629 bits per heavy atom. The molecular formula is C50H56BBrF4N6O8. The number of hydrogen-bond donors (Lipinski definition) is 4. The number of hydrogen-bond acceptors (Lipinski definition) is 12. The molecule has 10 rings (SSSR count). The van der Waals surface area contributed by atoms with Crippen LogP contribution in [0.1, 0.15) is 77.3 Å². The van der Waals surface area contributed by atoms with Crippen LogP contribution in [-0.4, -0.2) is 101 Å². The van der Waals surface area contributed by atoms with E-state index in [9.17, 15) is 27.2 Å². The topological polar surface area (TPSA) is 195 Å². The highest BCUT2D eigenvalue weighted by Gasteiger charge is 2.57. The number of benzene rings is 4. The van der Waals surface area contributed by atoms with Gasteiger partial charge in [-0.2, -0.15) is 0 Å². The van der Waals surface area contributed by atoms with Gasteiger partial charge in [-0.3, -0.25) is 19.4 Å². The highest BCUT2D eigenvalue weighted by molar-refractivity contribution is 9.10. The van der Waals surface area contributed by atoms with Crippen LogP contribution in [0, 0.1) is 35.1 Å². The molecule has 2 fully saturated rings. The first-order valence-electron chi connectivity index (χ1n) is 23.0. The molecule has 6 unspecified atom stereocenters. The molecule has 14 nitrogen and oxygen atoms in total. The molecule has 0 radical (unpaired) electrons. The standard InChI is InChI=1S/C25H27F2N3O3.C19H24BrN3O3.C6H5BF2O2/c1-24(2)12-16(8-9-32-24)21-13-25(22(31)30(3)23(28)29-25)17-10-14(5-7-20(17)33-21)15-4-6-18(26)19(27)11-15;1-18(2)9-11(6-7-25-18)15-10-19(16(24)23(3)17(21)22-19)13-8-12(20)4-5-14(13)26-15;8-5-2-1-4(7(10)11)3-6(5)9/h4-7,10-11,16,21H,8-9,12-13H2,1-3H3,(H2,28,29);4-5,8,11,15H,6-7,9-10H2,1-3H3,(H2,21,22);1-3,10-11H. The van der Waals surface area contributed by atoms with Crippen molar-refractivity contribution < 1.29 is 56.1 Å². The van der Waals surface area contributed by atoms with Crippen molar-refractivity contribution in [1.82, 2.24) is 9.80 Å². The lowest BCUT2D eigenvalue weighted by Crippen LogP contribution is -2.49. The van der Waals surface area contributed by atoms with E-state index in [2.05, 4.69) is 53.6 Å². The van der Waals surface area contributed by atoms with Gasteiger partial charge in [0.1, 0.15) is 23.7 Å². The quantitative estimate of drug-likeness (QED) is 0.131. The molecule has 0 aromatic heterocycles. The number of carbonyl (C=O) groups excluding carboxylic acids is 2. The monoisotopic (exact) mass is 1030 g/mol.